The van der Waals surface area contributed by atoms with Crippen molar-refractivity contribution < 1.29 is 19.1 Å². The quantitative estimate of drug-likeness (QED) is 0.779. The van der Waals surface area contributed by atoms with Gasteiger partial charge in [0, 0.05) is 5.69 Å². The number of anilines is 1. The molecule has 0 aliphatic heterocycles. The van der Waals surface area contributed by atoms with Crippen molar-refractivity contribution in [1.82, 2.24) is 0 Å². The first-order chi connectivity index (χ1) is 12.8. The van der Waals surface area contributed by atoms with E-state index in [1.807, 2.05) is 0 Å². The lowest BCUT2D eigenvalue weighted by atomic mass is 9.49. The summed E-state index contributed by atoms with van der Waals surface area (Å²) in [6.45, 7) is 1.43. The number of nitrogens with one attached hydrogen (secondary N) is 1. The van der Waals surface area contributed by atoms with Gasteiger partial charge in [0.05, 0.1) is 11.0 Å². The Labute approximate surface area is 158 Å². The molecule has 0 saturated heterocycles. The molecule has 4 aliphatic carbocycles. The van der Waals surface area contributed by atoms with Crippen LogP contribution in [0.1, 0.15) is 55.8 Å². The summed E-state index contributed by atoms with van der Waals surface area (Å²) in [6.07, 6.45) is 5.96. The van der Waals surface area contributed by atoms with Crippen molar-refractivity contribution in [2.24, 2.45) is 28.9 Å². The molecule has 0 heterocycles. The Bertz CT molecular complexity index is 736. The molecule has 6 nitrogen and oxygen atoms in total. The van der Waals surface area contributed by atoms with Gasteiger partial charge in [0.25, 0.3) is 5.91 Å². The van der Waals surface area contributed by atoms with Crippen LogP contribution in [0.4, 0.5) is 5.69 Å². The molecule has 5 rings (SSSR count). The molecule has 1 atom stereocenters. The van der Waals surface area contributed by atoms with Gasteiger partial charge in [0.2, 0.25) is 5.91 Å². The normalized spacial score (nSPS) is 32.0. The Hall–Kier alpha value is -2.37. The Kier molecular flexibility index (Phi) is 4.44. The fourth-order valence-corrected chi connectivity index (χ4v) is 5.63. The third-order valence-corrected chi connectivity index (χ3v) is 6.58. The number of amides is 2. The average molecular weight is 370 g/mol. The van der Waals surface area contributed by atoms with E-state index >= 15 is 0 Å². The monoisotopic (exact) mass is 370 g/mol. The predicted molar refractivity (Wildman–Crippen MR) is 99.7 cm³/mol. The highest BCUT2D eigenvalue weighted by molar-refractivity contribution is 5.97. The molecule has 0 unspecified atom stereocenters. The summed E-state index contributed by atoms with van der Waals surface area (Å²) in [5.74, 6) is 0.964. The topological polar surface area (TPSA) is 98.5 Å². The van der Waals surface area contributed by atoms with Gasteiger partial charge in [-0.1, -0.05) is 0 Å². The minimum absolute atomic E-state index is 0.124. The molecule has 6 heteroatoms. The lowest BCUT2D eigenvalue weighted by Gasteiger charge is -2.55. The molecule has 4 aliphatic rings. The van der Waals surface area contributed by atoms with Gasteiger partial charge >= 0.3 is 5.97 Å². The average Bonchev–Trinajstić information content (AvgIpc) is 2.61. The van der Waals surface area contributed by atoms with E-state index < -0.39 is 18.0 Å². The Morgan fingerprint density at radius 3 is 2.04 bits per heavy atom. The summed E-state index contributed by atoms with van der Waals surface area (Å²) in [7, 11) is 0. The van der Waals surface area contributed by atoms with Crippen molar-refractivity contribution in [2.75, 3.05) is 5.32 Å². The van der Waals surface area contributed by atoms with Crippen LogP contribution in [0.5, 0.6) is 0 Å². The maximum atomic E-state index is 13.1. The van der Waals surface area contributed by atoms with Gasteiger partial charge in [-0.25, -0.2) is 4.79 Å². The second-order valence-electron chi connectivity index (χ2n) is 8.68. The van der Waals surface area contributed by atoms with Crippen LogP contribution >= 0.6 is 0 Å². The smallest absolute Gasteiger partial charge is 0.338 e. The van der Waals surface area contributed by atoms with Crippen LogP contribution in [0.2, 0.25) is 0 Å². The zero-order valence-electron chi connectivity index (χ0n) is 15.6. The van der Waals surface area contributed by atoms with E-state index in [4.69, 9.17) is 10.5 Å². The molecule has 4 fully saturated rings. The maximum absolute atomic E-state index is 13.1. The number of carbonyl (C=O) groups excluding carboxylic acids is 3. The fourth-order valence-electron chi connectivity index (χ4n) is 5.63. The van der Waals surface area contributed by atoms with E-state index in [1.54, 1.807) is 24.3 Å². The van der Waals surface area contributed by atoms with Gasteiger partial charge in [-0.15, -0.1) is 0 Å². The molecule has 4 bridgehead atoms. The van der Waals surface area contributed by atoms with E-state index in [2.05, 4.69) is 5.32 Å². The number of carbonyl (C=O) groups is 3. The van der Waals surface area contributed by atoms with Crippen LogP contribution in [0.15, 0.2) is 24.3 Å². The number of rotatable bonds is 5. The van der Waals surface area contributed by atoms with Crippen LogP contribution in [-0.2, 0) is 14.3 Å². The third kappa shape index (κ3) is 3.45. The van der Waals surface area contributed by atoms with Gasteiger partial charge in [-0.2, -0.15) is 0 Å². The van der Waals surface area contributed by atoms with E-state index in [0.29, 0.717) is 29.0 Å². The Morgan fingerprint density at radius 1 is 1.04 bits per heavy atom. The van der Waals surface area contributed by atoms with Crippen molar-refractivity contribution in [1.29, 1.82) is 0 Å². The van der Waals surface area contributed by atoms with Crippen LogP contribution in [0, 0.1) is 23.2 Å². The van der Waals surface area contributed by atoms with Crippen molar-refractivity contribution in [2.45, 2.75) is 51.6 Å². The number of primary amides is 1. The van der Waals surface area contributed by atoms with E-state index in [-0.39, 0.29) is 11.3 Å². The highest BCUT2D eigenvalue weighted by Crippen LogP contribution is 2.60. The number of nitrogens with two attached hydrogens (primary N) is 1. The first-order valence-electron chi connectivity index (χ1n) is 9.76. The van der Waals surface area contributed by atoms with Crippen LogP contribution in [-0.4, -0.2) is 23.9 Å². The van der Waals surface area contributed by atoms with Crippen molar-refractivity contribution in [3.63, 3.8) is 0 Å². The third-order valence-electron chi connectivity index (χ3n) is 6.58. The molecule has 1 aromatic rings. The molecule has 0 spiro atoms. The summed E-state index contributed by atoms with van der Waals surface area (Å²) < 4.78 is 4.98. The number of hydrogen-bond acceptors (Lipinski definition) is 4. The number of ether oxygens (including phenoxy) is 1. The minimum atomic E-state index is -0.979. The summed E-state index contributed by atoms with van der Waals surface area (Å²) in [5.41, 5.74) is 5.89. The van der Waals surface area contributed by atoms with Crippen molar-refractivity contribution in [3.05, 3.63) is 29.8 Å². The minimum Gasteiger partial charge on any atom is -0.449 e. The highest BCUT2D eigenvalue weighted by atomic mass is 16.5. The fraction of sp³-hybridized carbons (Fsp3) is 0.571. The van der Waals surface area contributed by atoms with Crippen LogP contribution in [0.25, 0.3) is 0 Å². The zero-order chi connectivity index (χ0) is 19.2. The van der Waals surface area contributed by atoms with Gasteiger partial charge in [0.15, 0.2) is 6.10 Å². The van der Waals surface area contributed by atoms with Crippen LogP contribution in [0.3, 0.4) is 0 Å². The molecule has 144 valence electrons. The summed E-state index contributed by atoms with van der Waals surface area (Å²) in [5, 5.41) is 3.06. The van der Waals surface area contributed by atoms with E-state index in [9.17, 15) is 14.4 Å². The molecule has 27 heavy (non-hydrogen) atoms. The Balaban J connectivity index is 1.41. The molecular formula is C21H26N2O4. The second-order valence-corrected chi connectivity index (χ2v) is 8.68. The first kappa shape index (κ1) is 18.0. The molecule has 0 radical (unpaired) electrons. The van der Waals surface area contributed by atoms with Crippen molar-refractivity contribution >= 4 is 23.5 Å². The van der Waals surface area contributed by atoms with Gasteiger partial charge in [-0.05, 0) is 87.5 Å². The van der Waals surface area contributed by atoms with Gasteiger partial charge in [0.1, 0.15) is 0 Å². The van der Waals surface area contributed by atoms with Gasteiger partial charge < -0.3 is 15.8 Å². The lowest BCUT2D eigenvalue weighted by Crippen LogP contribution is -2.51. The molecular weight excluding hydrogens is 344 g/mol. The first-order valence-corrected chi connectivity index (χ1v) is 9.76. The van der Waals surface area contributed by atoms with Crippen LogP contribution < -0.4 is 11.1 Å². The Morgan fingerprint density at radius 2 is 1.56 bits per heavy atom. The molecule has 3 N–H and O–H groups in total. The summed E-state index contributed by atoms with van der Waals surface area (Å²) in [4.78, 5) is 36.1. The maximum Gasteiger partial charge on any atom is 0.338 e. The second kappa shape index (κ2) is 6.66. The zero-order valence-corrected chi connectivity index (χ0v) is 15.6. The standard InChI is InChI=1S/C21H26N2O4/c1-12(18(22)24)27-19(25)16-2-4-17(5-3-16)23-20(26)21-9-13-6-14(10-21)8-15(7-13)11-21/h2-5,12-15H,6-11H2,1H3,(H2,22,24)(H,23,26)/t12-,13?,14?,15?,21?/m0/s1. The SMILES string of the molecule is C[C@H](OC(=O)c1ccc(NC(=O)C23CC4CC(CC(C4)C2)C3)cc1)C(N)=O. The molecule has 0 aromatic heterocycles. The van der Waals surface area contributed by atoms with E-state index in [1.165, 1.54) is 26.2 Å². The summed E-state index contributed by atoms with van der Waals surface area (Å²) >= 11 is 0. The van der Waals surface area contributed by atoms with E-state index in [0.717, 1.165) is 19.3 Å². The number of esters is 1. The number of benzene rings is 1. The predicted octanol–water partition coefficient (Wildman–Crippen LogP) is 2.87. The largest absolute Gasteiger partial charge is 0.449 e. The molecule has 1 aromatic carbocycles. The summed E-state index contributed by atoms with van der Waals surface area (Å²) in [6, 6.07) is 6.57. The van der Waals surface area contributed by atoms with Gasteiger partial charge in [-0.3, -0.25) is 9.59 Å². The molecule has 4 saturated carbocycles. The molecule has 2 amide bonds. The van der Waals surface area contributed by atoms with Crippen molar-refractivity contribution in [3.8, 4) is 0 Å². The number of hydrogen-bond donors (Lipinski definition) is 2. The highest BCUT2D eigenvalue weighted by Gasteiger charge is 2.54. The lowest BCUT2D eigenvalue weighted by molar-refractivity contribution is -0.140.